The van der Waals surface area contributed by atoms with Crippen LogP contribution in [0, 0.1) is 17.7 Å². The number of carbonyl (C=O) groups is 1. The summed E-state index contributed by atoms with van der Waals surface area (Å²) in [5.41, 5.74) is 2.31. The van der Waals surface area contributed by atoms with Crippen LogP contribution >= 0.6 is 59.9 Å². The van der Waals surface area contributed by atoms with Crippen molar-refractivity contribution in [2.24, 2.45) is 11.8 Å². The number of aromatic nitrogens is 1. The first-order valence-electron chi connectivity index (χ1n) is 14.7. The standard InChI is InChI=1S/C32H42FN3O2S2.3ClH/c1-5-27-30(40-31(34-27)28-10-7-15-39-28)21-11-13-36(14-12-21)19-23-17-25(35(4)29(20(2)3)32(37)38)18-26(23)22-8-6-9-24(33)16-22;;;/h6-10,15-16,20-21,23,25-26,29H,5,11-14,17-19H2,1-4H3,(H,37,38);3*1H/t23?,25?,26?,29-;;;/m1.../s1. The highest BCUT2D eigenvalue weighted by molar-refractivity contribution is 7.21. The van der Waals surface area contributed by atoms with E-state index >= 15 is 0 Å². The van der Waals surface area contributed by atoms with Crippen LogP contribution in [0.15, 0.2) is 41.8 Å². The smallest absolute Gasteiger partial charge is 0.321 e. The van der Waals surface area contributed by atoms with Crippen LogP contribution in [0.3, 0.4) is 0 Å². The molecule has 5 nitrogen and oxygen atoms in total. The molecule has 43 heavy (non-hydrogen) atoms. The second kappa shape index (κ2) is 16.9. The molecule has 0 radical (unpaired) electrons. The van der Waals surface area contributed by atoms with Gasteiger partial charge in [-0.05, 0) is 105 Å². The zero-order chi connectivity index (χ0) is 28.4. The van der Waals surface area contributed by atoms with Crippen molar-refractivity contribution in [3.63, 3.8) is 0 Å². The molecule has 1 N–H and O–H groups in total. The number of halogens is 4. The summed E-state index contributed by atoms with van der Waals surface area (Å²) in [6.07, 6.45) is 5.04. The van der Waals surface area contributed by atoms with Gasteiger partial charge in [0.2, 0.25) is 0 Å². The molecule has 1 aromatic carbocycles. The Morgan fingerprint density at radius 1 is 1.14 bits per heavy atom. The van der Waals surface area contributed by atoms with Crippen LogP contribution in [0.25, 0.3) is 9.88 Å². The number of hydrogen-bond acceptors (Lipinski definition) is 6. The second-order valence-corrected chi connectivity index (χ2v) is 14.0. The van der Waals surface area contributed by atoms with Gasteiger partial charge in [-0.2, -0.15) is 0 Å². The number of carboxylic acids is 1. The largest absolute Gasteiger partial charge is 0.480 e. The van der Waals surface area contributed by atoms with Gasteiger partial charge in [0.15, 0.2) is 0 Å². The minimum atomic E-state index is -0.762. The molecule has 2 aliphatic rings. The number of likely N-dealkylation sites (N-methyl/N-ethyl adjacent to an activating group) is 1. The van der Waals surface area contributed by atoms with Gasteiger partial charge in [0, 0.05) is 17.5 Å². The molecule has 2 fully saturated rings. The predicted octanol–water partition coefficient (Wildman–Crippen LogP) is 8.62. The molecule has 1 saturated carbocycles. The highest BCUT2D eigenvalue weighted by atomic mass is 35.5. The minimum absolute atomic E-state index is 0. The zero-order valence-electron chi connectivity index (χ0n) is 25.3. The Bertz CT molecular complexity index is 1280. The molecule has 1 aliphatic heterocycles. The van der Waals surface area contributed by atoms with E-state index in [1.165, 1.54) is 21.5 Å². The summed E-state index contributed by atoms with van der Waals surface area (Å²) in [7, 11) is 1.96. The average Bonchev–Trinajstić information content (AvgIpc) is 3.68. The Hall–Kier alpha value is -1.26. The normalized spacial score (nSPS) is 21.7. The number of hydrogen-bond donors (Lipinski definition) is 1. The fourth-order valence-corrected chi connectivity index (χ4v) is 9.20. The van der Waals surface area contributed by atoms with Crippen LogP contribution in [-0.4, -0.2) is 64.6 Å². The van der Waals surface area contributed by atoms with Crippen LogP contribution in [-0.2, 0) is 11.2 Å². The number of piperidine rings is 1. The van der Waals surface area contributed by atoms with Gasteiger partial charge in [0.25, 0.3) is 0 Å². The number of benzene rings is 1. The van der Waals surface area contributed by atoms with E-state index in [2.05, 4.69) is 34.2 Å². The molecule has 0 amide bonds. The minimum Gasteiger partial charge on any atom is -0.480 e. The van der Waals surface area contributed by atoms with E-state index < -0.39 is 12.0 Å². The van der Waals surface area contributed by atoms with Crippen molar-refractivity contribution < 1.29 is 14.3 Å². The molecule has 240 valence electrons. The summed E-state index contributed by atoms with van der Waals surface area (Å²) in [5.74, 6) is 0.214. The van der Waals surface area contributed by atoms with Gasteiger partial charge in [0.1, 0.15) is 16.9 Å². The summed E-state index contributed by atoms with van der Waals surface area (Å²) in [6.45, 7) is 9.24. The maximum absolute atomic E-state index is 14.3. The molecule has 0 bridgehead atoms. The second-order valence-electron chi connectivity index (χ2n) is 12.0. The quantitative estimate of drug-likeness (QED) is 0.231. The number of thiophene rings is 1. The first-order valence-corrected chi connectivity index (χ1v) is 16.4. The summed E-state index contributed by atoms with van der Waals surface area (Å²) >= 11 is 3.64. The SMILES string of the molecule is CCc1nc(-c2cccs2)sc1C1CCN(CC2CC(N(C)[C@@H](C(=O)O)C(C)C)CC2c2cccc(F)c2)CC1.Cl.Cl.Cl. The van der Waals surface area contributed by atoms with Crippen molar-refractivity contribution in [1.29, 1.82) is 0 Å². The van der Waals surface area contributed by atoms with E-state index in [4.69, 9.17) is 4.98 Å². The first-order chi connectivity index (χ1) is 19.2. The van der Waals surface area contributed by atoms with Crippen LogP contribution in [0.2, 0.25) is 0 Å². The third-order valence-corrected chi connectivity index (χ3v) is 11.4. The third kappa shape index (κ3) is 8.72. The number of thiazole rings is 1. The zero-order valence-corrected chi connectivity index (χ0v) is 29.4. The van der Waals surface area contributed by atoms with Gasteiger partial charge in [-0.15, -0.1) is 59.9 Å². The summed E-state index contributed by atoms with van der Waals surface area (Å²) in [6, 6.07) is 11.0. The number of aryl methyl sites for hydroxylation is 1. The maximum atomic E-state index is 14.3. The monoisotopic (exact) mass is 691 g/mol. The van der Waals surface area contributed by atoms with Gasteiger partial charge >= 0.3 is 5.97 Å². The predicted molar refractivity (Wildman–Crippen MR) is 185 cm³/mol. The summed E-state index contributed by atoms with van der Waals surface area (Å²) < 4.78 is 14.3. The summed E-state index contributed by atoms with van der Waals surface area (Å²) in [5, 5.41) is 13.2. The lowest BCUT2D eigenvalue weighted by Crippen LogP contribution is -2.47. The lowest BCUT2D eigenvalue weighted by atomic mass is 9.87. The topological polar surface area (TPSA) is 56.7 Å². The van der Waals surface area contributed by atoms with Crippen molar-refractivity contribution in [1.82, 2.24) is 14.8 Å². The van der Waals surface area contributed by atoms with E-state index in [1.807, 2.05) is 44.4 Å². The first kappa shape index (κ1) is 37.9. The fourth-order valence-electron chi connectivity index (χ4n) is 7.08. The Labute approximate surface area is 282 Å². The summed E-state index contributed by atoms with van der Waals surface area (Å²) in [4.78, 5) is 24.5. The van der Waals surface area contributed by atoms with Gasteiger partial charge in [0.05, 0.1) is 10.6 Å². The van der Waals surface area contributed by atoms with E-state index in [-0.39, 0.29) is 60.9 Å². The van der Waals surface area contributed by atoms with Gasteiger partial charge in [-0.1, -0.05) is 39.0 Å². The fraction of sp³-hybridized carbons (Fsp3) is 0.562. The molecule has 4 atom stereocenters. The Morgan fingerprint density at radius 2 is 1.86 bits per heavy atom. The van der Waals surface area contributed by atoms with Crippen LogP contribution in [0.5, 0.6) is 0 Å². The molecule has 3 heterocycles. The average molecular weight is 693 g/mol. The Morgan fingerprint density at radius 3 is 2.44 bits per heavy atom. The Balaban J connectivity index is 0.00000215. The number of aliphatic carboxylic acids is 1. The lowest BCUT2D eigenvalue weighted by Gasteiger charge is -2.35. The van der Waals surface area contributed by atoms with Crippen molar-refractivity contribution in [3.8, 4) is 9.88 Å². The number of nitrogens with zero attached hydrogens (tertiary/aromatic N) is 3. The molecule has 2 aromatic heterocycles. The van der Waals surface area contributed by atoms with Gasteiger partial charge in [-0.25, -0.2) is 9.37 Å². The van der Waals surface area contributed by atoms with Crippen LogP contribution in [0.1, 0.15) is 74.4 Å². The van der Waals surface area contributed by atoms with Crippen molar-refractivity contribution in [3.05, 3.63) is 63.7 Å². The number of rotatable bonds is 10. The van der Waals surface area contributed by atoms with Crippen LogP contribution < -0.4 is 0 Å². The maximum Gasteiger partial charge on any atom is 0.321 e. The van der Waals surface area contributed by atoms with E-state index in [1.54, 1.807) is 17.4 Å². The highest BCUT2D eigenvalue weighted by Crippen LogP contribution is 2.44. The molecule has 11 heteroatoms. The molecule has 5 rings (SSSR count). The van der Waals surface area contributed by atoms with E-state index in [0.29, 0.717) is 11.8 Å². The lowest BCUT2D eigenvalue weighted by molar-refractivity contribution is -0.145. The number of likely N-dealkylation sites (tertiary alicyclic amines) is 1. The molecular formula is C32H45Cl3FN3O2S2. The molecule has 1 saturated heterocycles. The number of carboxylic acid groups (broad SMARTS) is 1. The van der Waals surface area contributed by atoms with Crippen molar-refractivity contribution in [2.45, 2.75) is 76.8 Å². The molecule has 3 aromatic rings. The molecule has 1 aliphatic carbocycles. The highest BCUT2D eigenvalue weighted by Gasteiger charge is 2.42. The van der Waals surface area contributed by atoms with Crippen molar-refractivity contribution >= 4 is 65.9 Å². The van der Waals surface area contributed by atoms with E-state index in [9.17, 15) is 14.3 Å². The van der Waals surface area contributed by atoms with E-state index in [0.717, 1.165) is 62.3 Å². The molecule has 3 unspecified atom stereocenters. The Kier molecular flexibility index (Phi) is 14.9. The molecule has 0 spiro atoms. The third-order valence-electron chi connectivity index (χ3n) is 9.09. The van der Waals surface area contributed by atoms with Crippen molar-refractivity contribution in [2.75, 3.05) is 26.7 Å². The van der Waals surface area contributed by atoms with Crippen LogP contribution in [0.4, 0.5) is 4.39 Å². The van der Waals surface area contributed by atoms with Gasteiger partial charge < -0.3 is 10.0 Å². The molecular weight excluding hydrogens is 648 g/mol. The van der Waals surface area contributed by atoms with Gasteiger partial charge in [-0.3, -0.25) is 9.69 Å².